The minimum Gasteiger partial charge on any atom is -0.478 e. The number of aromatic carboxylic acids is 1. The Hall–Kier alpha value is -1.88. The summed E-state index contributed by atoms with van der Waals surface area (Å²) in [6.07, 6.45) is 2.93. The predicted molar refractivity (Wildman–Crippen MR) is 67.6 cm³/mol. The number of aryl methyl sites for hydroxylation is 1. The Labute approximate surface area is 103 Å². The second kappa shape index (κ2) is 4.97. The summed E-state index contributed by atoms with van der Waals surface area (Å²) in [5, 5.41) is 14.2. The van der Waals surface area contributed by atoms with Crippen LogP contribution in [0.4, 0.5) is 5.69 Å². The predicted octanol–water partition coefficient (Wildman–Crippen LogP) is 2.76. The molecule has 2 aromatic rings. The standard InChI is InChI=1S/C12H12N2O2S/c1-8-3-5-17-11(8)7-14-10-2-4-13-6-9(10)12(15)16/h2-6H,7H2,1H3,(H,13,14)(H,15,16). The van der Waals surface area contributed by atoms with E-state index < -0.39 is 5.97 Å². The Kier molecular flexibility index (Phi) is 3.39. The van der Waals surface area contributed by atoms with Gasteiger partial charge in [0.05, 0.1) is 5.69 Å². The van der Waals surface area contributed by atoms with Crippen molar-refractivity contribution in [3.63, 3.8) is 0 Å². The van der Waals surface area contributed by atoms with Crippen molar-refractivity contribution in [3.05, 3.63) is 45.9 Å². The van der Waals surface area contributed by atoms with Crippen LogP contribution in [0.25, 0.3) is 0 Å². The lowest BCUT2D eigenvalue weighted by Gasteiger charge is -2.08. The molecule has 0 aliphatic rings. The van der Waals surface area contributed by atoms with Crippen LogP contribution < -0.4 is 5.32 Å². The first-order chi connectivity index (χ1) is 8.18. The van der Waals surface area contributed by atoms with E-state index in [1.54, 1.807) is 23.6 Å². The second-order valence-corrected chi connectivity index (χ2v) is 4.61. The number of carbonyl (C=O) groups is 1. The molecular formula is C12H12N2O2S. The molecule has 2 rings (SSSR count). The number of hydrogen-bond donors (Lipinski definition) is 2. The van der Waals surface area contributed by atoms with Crippen LogP contribution in [-0.2, 0) is 6.54 Å². The number of anilines is 1. The van der Waals surface area contributed by atoms with Crippen LogP contribution in [0.5, 0.6) is 0 Å². The van der Waals surface area contributed by atoms with Gasteiger partial charge >= 0.3 is 5.97 Å². The van der Waals surface area contributed by atoms with Crippen LogP contribution in [0.2, 0.25) is 0 Å². The maximum atomic E-state index is 11.0. The molecule has 0 aliphatic carbocycles. The second-order valence-electron chi connectivity index (χ2n) is 3.61. The number of thiophene rings is 1. The lowest BCUT2D eigenvalue weighted by molar-refractivity contribution is 0.0697. The molecule has 0 radical (unpaired) electrons. The normalized spacial score (nSPS) is 10.2. The van der Waals surface area contributed by atoms with Crippen LogP contribution in [0.1, 0.15) is 20.8 Å². The molecule has 0 atom stereocenters. The summed E-state index contributed by atoms with van der Waals surface area (Å²) in [5.41, 5.74) is 2.01. The molecule has 0 bridgehead atoms. The quantitative estimate of drug-likeness (QED) is 0.873. The first-order valence-corrected chi connectivity index (χ1v) is 6.00. The molecule has 2 heterocycles. The summed E-state index contributed by atoms with van der Waals surface area (Å²) in [6.45, 7) is 2.67. The van der Waals surface area contributed by atoms with Gasteiger partial charge < -0.3 is 10.4 Å². The van der Waals surface area contributed by atoms with Crippen molar-refractivity contribution in [3.8, 4) is 0 Å². The monoisotopic (exact) mass is 248 g/mol. The van der Waals surface area contributed by atoms with E-state index in [9.17, 15) is 4.79 Å². The molecule has 5 heteroatoms. The van der Waals surface area contributed by atoms with Crippen LogP contribution in [0, 0.1) is 6.92 Å². The Bertz CT molecular complexity index is 537. The maximum Gasteiger partial charge on any atom is 0.339 e. The Morgan fingerprint density at radius 2 is 2.35 bits per heavy atom. The van der Waals surface area contributed by atoms with Crippen LogP contribution >= 0.6 is 11.3 Å². The molecule has 2 N–H and O–H groups in total. The van der Waals surface area contributed by atoms with Gasteiger partial charge in [-0.05, 0) is 30.0 Å². The van der Waals surface area contributed by atoms with Gasteiger partial charge in [-0.25, -0.2) is 4.79 Å². The van der Waals surface area contributed by atoms with Crippen molar-refractivity contribution in [2.24, 2.45) is 0 Å². The lowest BCUT2D eigenvalue weighted by Crippen LogP contribution is -2.06. The number of aromatic nitrogens is 1. The Balaban J connectivity index is 2.14. The lowest BCUT2D eigenvalue weighted by atomic mass is 10.2. The molecule has 0 amide bonds. The molecule has 0 spiro atoms. The summed E-state index contributed by atoms with van der Waals surface area (Å²) < 4.78 is 0. The number of hydrogen-bond acceptors (Lipinski definition) is 4. The fourth-order valence-electron chi connectivity index (χ4n) is 1.48. The molecule has 4 nitrogen and oxygen atoms in total. The zero-order valence-corrected chi connectivity index (χ0v) is 10.1. The SMILES string of the molecule is Cc1ccsc1CNc1ccncc1C(=O)O. The summed E-state index contributed by atoms with van der Waals surface area (Å²) in [6, 6.07) is 3.72. The molecule has 0 unspecified atom stereocenters. The van der Waals surface area contributed by atoms with Crippen molar-refractivity contribution in [1.82, 2.24) is 4.98 Å². The molecule has 2 aromatic heterocycles. The largest absolute Gasteiger partial charge is 0.478 e. The van der Waals surface area contributed by atoms with E-state index >= 15 is 0 Å². The van der Waals surface area contributed by atoms with E-state index in [0.29, 0.717) is 12.2 Å². The van der Waals surface area contributed by atoms with Crippen molar-refractivity contribution in [2.75, 3.05) is 5.32 Å². The summed E-state index contributed by atoms with van der Waals surface area (Å²) in [7, 11) is 0. The van der Waals surface area contributed by atoms with E-state index in [1.807, 2.05) is 18.4 Å². The third kappa shape index (κ3) is 2.62. The topological polar surface area (TPSA) is 62.2 Å². The van der Waals surface area contributed by atoms with Crippen molar-refractivity contribution < 1.29 is 9.90 Å². The molecule has 0 saturated carbocycles. The smallest absolute Gasteiger partial charge is 0.339 e. The Morgan fingerprint density at radius 1 is 1.53 bits per heavy atom. The Morgan fingerprint density at radius 3 is 3.00 bits per heavy atom. The molecule has 0 fully saturated rings. The first-order valence-electron chi connectivity index (χ1n) is 5.12. The van der Waals surface area contributed by atoms with Gasteiger partial charge in [-0.15, -0.1) is 11.3 Å². The van der Waals surface area contributed by atoms with E-state index in [0.717, 1.165) is 0 Å². The molecule has 0 aromatic carbocycles. The van der Waals surface area contributed by atoms with E-state index in [2.05, 4.69) is 10.3 Å². The minimum absolute atomic E-state index is 0.196. The van der Waals surface area contributed by atoms with Crippen LogP contribution in [0.15, 0.2) is 29.9 Å². The number of nitrogens with zero attached hydrogens (tertiary/aromatic N) is 1. The van der Waals surface area contributed by atoms with Gasteiger partial charge in [-0.2, -0.15) is 0 Å². The molecular weight excluding hydrogens is 236 g/mol. The third-order valence-corrected chi connectivity index (χ3v) is 3.48. The first kappa shape index (κ1) is 11.6. The van der Waals surface area contributed by atoms with Gasteiger partial charge in [-0.3, -0.25) is 4.98 Å². The number of carboxylic acid groups (broad SMARTS) is 1. The van der Waals surface area contributed by atoms with Crippen molar-refractivity contribution >= 4 is 23.0 Å². The molecule has 0 aliphatic heterocycles. The fraction of sp³-hybridized carbons (Fsp3) is 0.167. The van der Waals surface area contributed by atoms with Gasteiger partial charge in [0.15, 0.2) is 0 Å². The van der Waals surface area contributed by atoms with Gasteiger partial charge in [0.2, 0.25) is 0 Å². The van der Waals surface area contributed by atoms with E-state index in [4.69, 9.17) is 5.11 Å². The average molecular weight is 248 g/mol. The van der Waals surface area contributed by atoms with Gasteiger partial charge in [-0.1, -0.05) is 0 Å². The zero-order chi connectivity index (χ0) is 12.3. The molecule has 0 saturated heterocycles. The van der Waals surface area contributed by atoms with Crippen molar-refractivity contribution in [1.29, 1.82) is 0 Å². The fourth-order valence-corrected chi connectivity index (χ4v) is 2.33. The third-order valence-electron chi connectivity index (χ3n) is 2.46. The van der Waals surface area contributed by atoms with Crippen LogP contribution in [0.3, 0.4) is 0 Å². The van der Waals surface area contributed by atoms with Crippen molar-refractivity contribution in [2.45, 2.75) is 13.5 Å². The number of rotatable bonds is 4. The highest BCUT2D eigenvalue weighted by Crippen LogP contribution is 2.19. The highest BCUT2D eigenvalue weighted by Gasteiger charge is 2.09. The van der Waals surface area contributed by atoms with E-state index in [-0.39, 0.29) is 5.56 Å². The zero-order valence-electron chi connectivity index (χ0n) is 9.30. The molecule has 88 valence electrons. The summed E-state index contributed by atoms with van der Waals surface area (Å²) in [5.74, 6) is -0.969. The van der Waals surface area contributed by atoms with Gasteiger partial charge in [0, 0.05) is 23.8 Å². The molecule has 17 heavy (non-hydrogen) atoms. The highest BCUT2D eigenvalue weighted by molar-refractivity contribution is 7.10. The van der Waals surface area contributed by atoms with Gasteiger partial charge in [0.25, 0.3) is 0 Å². The minimum atomic E-state index is -0.969. The van der Waals surface area contributed by atoms with E-state index in [1.165, 1.54) is 16.6 Å². The maximum absolute atomic E-state index is 11.0. The number of nitrogens with one attached hydrogen (secondary N) is 1. The number of carboxylic acids is 1. The van der Waals surface area contributed by atoms with Crippen LogP contribution in [-0.4, -0.2) is 16.1 Å². The van der Waals surface area contributed by atoms with Gasteiger partial charge in [0.1, 0.15) is 5.56 Å². The number of pyridine rings is 1. The average Bonchev–Trinajstić information content (AvgIpc) is 2.72. The summed E-state index contributed by atoms with van der Waals surface area (Å²) in [4.78, 5) is 16.0. The summed E-state index contributed by atoms with van der Waals surface area (Å²) >= 11 is 1.66. The highest BCUT2D eigenvalue weighted by atomic mass is 32.1.